The van der Waals surface area contributed by atoms with Crippen molar-refractivity contribution in [1.29, 1.82) is 0 Å². The number of allylic oxidation sites excluding steroid dienone is 1. The second-order valence-electron chi connectivity index (χ2n) is 2.84. The van der Waals surface area contributed by atoms with E-state index in [-0.39, 0.29) is 11.3 Å². The molecule has 0 aromatic rings. The summed E-state index contributed by atoms with van der Waals surface area (Å²) in [5, 5.41) is 0. The fourth-order valence-corrected chi connectivity index (χ4v) is 3.16. The van der Waals surface area contributed by atoms with Crippen LogP contribution in [0.4, 0.5) is 0 Å². The van der Waals surface area contributed by atoms with E-state index in [9.17, 15) is 4.79 Å². The Balaban J connectivity index is 4.36. The number of rotatable bonds is 7. The molecular formula is C9H18O3Si. The number of hydrogen-bond donors (Lipinski definition) is 0. The van der Waals surface area contributed by atoms with Gasteiger partial charge in [0.05, 0.1) is 5.54 Å². The molecule has 1 atom stereocenters. The standard InChI is InChI=1S/C9H18O3Si/c1-5-7-9(8(10)6-2)13(11-3)12-4/h6,9,13H,2,5,7H2,1,3-4H3. The molecule has 0 spiro atoms. The molecule has 0 bridgehead atoms. The zero-order valence-corrected chi connectivity index (χ0v) is 9.73. The van der Waals surface area contributed by atoms with Gasteiger partial charge in [-0.05, 0) is 12.5 Å². The van der Waals surface area contributed by atoms with Gasteiger partial charge >= 0.3 is 9.28 Å². The first-order chi connectivity index (χ1) is 6.21. The second-order valence-corrected chi connectivity index (χ2v) is 5.33. The Bertz CT molecular complexity index is 166. The van der Waals surface area contributed by atoms with E-state index in [0.29, 0.717) is 0 Å². The van der Waals surface area contributed by atoms with Gasteiger partial charge in [-0.25, -0.2) is 0 Å². The molecule has 0 amide bonds. The van der Waals surface area contributed by atoms with Crippen LogP contribution >= 0.6 is 0 Å². The van der Waals surface area contributed by atoms with E-state index < -0.39 is 9.28 Å². The van der Waals surface area contributed by atoms with Crippen molar-refractivity contribution in [3.05, 3.63) is 12.7 Å². The normalized spacial score (nSPS) is 12.9. The lowest BCUT2D eigenvalue weighted by Crippen LogP contribution is -2.30. The number of ketones is 1. The van der Waals surface area contributed by atoms with Gasteiger partial charge in [0, 0.05) is 14.2 Å². The molecule has 0 N–H and O–H groups in total. The third kappa shape index (κ3) is 3.84. The molecule has 0 saturated carbocycles. The number of carbonyl (C=O) groups is 1. The zero-order chi connectivity index (χ0) is 10.3. The average molecular weight is 202 g/mol. The largest absolute Gasteiger partial charge is 0.399 e. The number of carbonyl (C=O) groups excluding carboxylic acids is 1. The third-order valence-electron chi connectivity index (χ3n) is 1.96. The highest BCUT2D eigenvalue weighted by atomic mass is 28.3. The van der Waals surface area contributed by atoms with Gasteiger partial charge in [0.1, 0.15) is 0 Å². The van der Waals surface area contributed by atoms with Gasteiger partial charge in [0.15, 0.2) is 5.78 Å². The summed E-state index contributed by atoms with van der Waals surface area (Å²) in [6.07, 6.45) is 3.14. The minimum atomic E-state index is -1.82. The Labute approximate surface area is 81.6 Å². The summed E-state index contributed by atoms with van der Waals surface area (Å²) in [5.74, 6) is 0.0437. The van der Waals surface area contributed by atoms with Crippen LogP contribution in [0.2, 0.25) is 5.54 Å². The van der Waals surface area contributed by atoms with Crippen LogP contribution in [-0.2, 0) is 13.6 Å². The zero-order valence-electron chi connectivity index (χ0n) is 8.58. The van der Waals surface area contributed by atoms with Crippen LogP contribution in [0.3, 0.4) is 0 Å². The Kier molecular flexibility index (Phi) is 6.76. The summed E-state index contributed by atoms with van der Waals surface area (Å²) in [7, 11) is 1.37. The minimum absolute atomic E-state index is 0.0437. The van der Waals surface area contributed by atoms with E-state index in [1.165, 1.54) is 6.08 Å². The van der Waals surface area contributed by atoms with Crippen molar-refractivity contribution in [1.82, 2.24) is 0 Å². The Morgan fingerprint density at radius 3 is 2.38 bits per heavy atom. The average Bonchev–Trinajstić information content (AvgIpc) is 2.17. The van der Waals surface area contributed by atoms with Crippen LogP contribution in [-0.4, -0.2) is 29.3 Å². The van der Waals surface area contributed by atoms with Crippen molar-refractivity contribution < 1.29 is 13.6 Å². The summed E-state index contributed by atoms with van der Waals surface area (Å²) in [6.45, 7) is 5.52. The van der Waals surface area contributed by atoms with Gasteiger partial charge in [0.25, 0.3) is 0 Å². The highest BCUT2D eigenvalue weighted by Gasteiger charge is 2.28. The molecule has 0 fully saturated rings. The van der Waals surface area contributed by atoms with Gasteiger partial charge < -0.3 is 8.85 Å². The van der Waals surface area contributed by atoms with E-state index in [0.717, 1.165) is 12.8 Å². The van der Waals surface area contributed by atoms with Crippen molar-refractivity contribution >= 4 is 15.1 Å². The van der Waals surface area contributed by atoms with Crippen LogP contribution < -0.4 is 0 Å². The molecule has 0 aromatic heterocycles. The van der Waals surface area contributed by atoms with E-state index in [4.69, 9.17) is 8.85 Å². The Morgan fingerprint density at radius 1 is 1.54 bits per heavy atom. The van der Waals surface area contributed by atoms with Crippen molar-refractivity contribution in [3.63, 3.8) is 0 Å². The second kappa shape index (κ2) is 7.00. The van der Waals surface area contributed by atoms with Crippen LogP contribution in [0.5, 0.6) is 0 Å². The lowest BCUT2D eigenvalue weighted by molar-refractivity contribution is -0.115. The molecule has 76 valence electrons. The molecule has 3 nitrogen and oxygen atoms in total. The lowest BCUT2D eigenvalue weighted by Gasteiger charge is -2.19. The van der Waals surface area contributed by atoms with E-state index in [2.05, 4.69) is 6.58 Å². The molecule has 4 heteroatoms. The SMILES string of the molecule is C=CC(=O)C(CCC)[SiH](OC)OC. The molecule has 0 rings (SSSR count). The summed E-state index contributed by atoms with van der Waals surface area (Å²) >= 11 is 0. The van der Waals surface area contributed by atoms with Gasteiger partial charge in [-0.15, -0.1) is 0 Å². The molecule has 13 heavy (non-hydrogen) atoms. The monoisotopic (exact) mass is 202 g/mol. The smallest absolute Gasteiger partial charge is 0.332 e. The first-order valence-electron chi connectivity index (χ1n) is 4.43. The quantitative estimate of drug-likeness (QED) is 0.463. The minimum Gasteiger partial charge on any atom is -0.399 e. The van der Waals surface area contributed by atoms with Gasteiger partial charge in [-0.3, -0.25) is 4.79 Å². The first kappa shape index (κ1) is 12.5. The molecule has 1 unspecified atom stereocenters. The predicted molar refractivity (Wildman–Crippen MR) is 55.0 cm³/mol. The molecule has 0 aliphatic rings. The lowest BCUT2D eigenvalue weighted by atomic mass is 10.2. The predicted octanol–water partition coefficient (Wildman–Crippen LogP) is 1.43. The van der Waals surface area contributed by atoms with Crippen molar-refractivity contribution in [2.45, 2.75) is 25.3 Å². The Hall–Kier alpha value is -0.453. The van der Waals surface area contributed by atoms with Crippen molar-refractivity contribution in [2.75, 3.05) is 14.2 Å². The molecule has 0 aliphatic carbocycles. The van der Waals surface area contributed by atoms with Gasteiger partial charge in [-0.1, -0.05) is 19.9 Å². The van der Waals surface area contributed by atoms with Gasteiger partial charge in [0.2, 0.25) is 0 Å². The highest BCUT2D eigenvalue weighted by molar-refractivity contribution is 6.52. The summed E-state index contributed by atoms with van der Waals surface area (Å²) < 4.78 is 10.4. The summed E-state index contributed by atoms with van der Waals surface area (Å²) in [5.41, 5.74) is -0.0856. The summed E-state index contributed by atoms with van der Waals surface area (Å²) in [6, 6.07) is 0. The van der Waals surface area contributed by atoms with Gasteiger partial charge in [-0.2, -0.15) is 0 Å². The van der Waals surface area contributed by atoms with Crippen LogP contribution in [0.25, 0.3) is 0 Å². The molecule has 0 radical (unpaired) electrons. The highest BCUT2D eigenvalue weighted by Crippen LogP contribution is 2.20. The van der Waals surface area contributed by atoms with Crippen molar-refractivity contribution in [2.24, 2.45) is 0 Å². The van der Waals surface area contributed by atoms with Crippen LogP contribution in [0, 0.1) is 0 Å². The third-order valence-corrected chi connectivity index (χ3v) is 4.21. The summed E-state index contributed by atoms with van der Waals surface area (Å²) in [4.78, 5) is 11.4. The molecule has 0 saturated heterocycles. The maximum absolute atomic E-state index is 11.4. The van der Waals surface area contributed by atoms with E-state index in [1.807, 2.05) is 6.92 Å². The van der Waals surface area contributed by atoms with Crippen LogP contribution in [0.15, 0.2) is 12.7 Å². The van der Waals surface area contributed by atoms with E-state index in [1.54, 1.807) is 14.2 Å². The van der Waals surface area contributed by atoms with E-state index >= 15 is 0 Å². The van der Waals surface area contributed by atoms with Crippen molar-refractivity contribution in [3.8, 4) is 0 Å². The topological polar surface area (TPSA) is 35.5 Å². The maximum Gasteiger partial charge on any atom is 0.332 e. The van der Waals surface area contributed by atoms with Crippen LogP contribution in [0.1, 0.15) is 19.8 Å². The molecular weight excluding hydrogens is 184 g/mol. The first-order valence-corrected chi connectivity index (χ1v) is 6.04. The fourth-order valence-electron chi connectivity index (χ4n) is 1.30. The Morgan fingerprint density at radius 2 is 2.08 bits per heavy atom. The molecule has 0 aliphatic heterocycles. The maximum atomic E-state index is 11.4. The fraction of sp³-hybridized carbons (Fsp3) is 0.667. The molecule has 0 heterocycles. The molecule has 0 aromatic carbocycles. The number of hydrogen-bond acceptors (Lipinski definition) is 3.